The molecule has 0 atom stereocenters. The summed E-state index contributed by atoms with van der Waals surface area (Å²) in [6, 6.07) is 4.32. The fraction of sp³-hybridized carbons (Fsp3) is 0.562. The third-order valence-electron chi connectivity index (χ3n) is 2.99. The van der Waals surface area contributed by atoms with Gasteiger partial charge in [-0.15, -0.1) is 0 Å². The van der Waals surface area contributed by atoms with Gasteiger partial charge in [0.25, 0.3) is 5.91 Å². The third-order valence-corrected chi connectivity index (χ3v) is 2.99. The Hall–Kier alpha value is -1.62. The second-order valence-electron chi connectivity index (χ2n) is 5.35. The molecule has 5 heteroatoms. The Labute approximate surface area is 126 Å². The predicted molar refractivity (Wildman–Crippen MR) is 81.7 cm³/mol. The van der Waals surface area contributed by atoms with Gasteiger partial charge < -0.3 is 15.4 Å². The van der Waals surface area contributed by atoms with Gasteiger partial charge in [0.05, 0.1) is 0 Å². The van der Waals surface area contributed by atoms with Crippen LogP contribution in [-0.4, -0.2) is 25.6 Å². The molecule has 1 rings (SSSR count). The van der Waals surface area contributed by atoms with E-state index in [0.717, 1.165) is 13.0 Å². The highest BCUT2D eigenvalue weighted by Crippen LogP contribution is 2.19. The van der Waals surface area contributed by atoms with E-state index in [1.54, 1.807) is 6.07 Å². The second-order valence-corrected chi connectivity index (χ2v) is 5.35. The summed E-state index contributed by atoms with van der Waals surface area (Å²) < 4.78 is 18.7. The molecular formula is C16H25FN2O2. The van der Waals surface area contributed by atoms with Crippen molar-refractivity contribution in [2.75, 3.05) is 19.7 Å². The van der Waals surface area contributed by atoms with Gasteiger partial charge in [0.15, 0.2) is 6.61 Å². The maximum atomic E-state index is 13.3. The van der Waals surface area contributed by atoms with Crippen molar-refractivity contribution in [3.63, 3.8) is 0 Å². The van der Waals surface area contributed by atoms with Crippen molar-refractivity contribution in [1.29, 1.82) is 0 Å². The Morgan fingerprint density at radius 2 is 2.14 bits per heavy atom. The molecule has 0 bridgehead atoms. The number of carbonyl (C=O) groups excluding carboxylic acids is 1. The van der Waals surface area contributed by atoms with E-state index in [2.05, 4.69) is 24.5 Å². The van der Waals surface area contributed by atoms with Gasteiger partial charge in [0.1, 0.15) is 11.6 Å². The number of nitrogens with one attached hydrogen (secondary N) is 2. The molecule has 0 saturated heterocycles. The van der Waals surface area contributed by atoms with Crippen molar-refractivity contribution in [2.24, 2.45) is 5.92 Å². The summed E-state index contributed by atoms with van der Waals surface area (Å²) in [6.07, 6.45) is 0.938. The highest BCUT2D eigenvalue weighted by atomic mass is 19.1. The van der Waals surface area contributed by atoms with E-state index in [0.29, 0.717) is 30.3 Å². The minimum Gasteiger partial charge on any atom is -0.483 e. The van der Waals surface area contributed by atoms with Crippen LogP contribution < -0.4 is 15.4 Å². The molecule has 0 radical (unpaired) electrons. The second kappa shape index (κ2) is 9.34. The fourth-order valence-electron chi connectivity index (χ4n) is 1.78. The highest BCUT2D eigenvalue weighted by molar-refractivity contribution is 5.77. The lowest BCUT2D eigenvalue weighted by Gasteiger charge is -2.12. The lowest BCUT2D eigenvalue weighted by molar-refractivity contribution is -0.123. The molecule has 0 aromatic heterocycles. The molecule has 0 aliphatic rings. The summed E-state index contributed by atoms with van der Waals surface area (Å²) in [6.45, 7) is 8.07. The number of amides is 1. The van der Waals surface area contributed by atoms with Crippen molar-refractivity contribution in [3.8, 4) is 5.75 Å². The van der Waals surface area contributed by atoms with Gasteiger partial charge >= 0.3 is 0 Å². The molecule has 1 aromatic carbocycles. The van der Waals surface area contributed by atoms with E-state index >= 15 is 0 Å². The molecule has 1 aromatic rings. The van der Waals surface area contributed by atoms with Crippen molar-refractivity contribution >= 4 is 5.91 Å². The molecule has 0 aliphatic heterocycles. The zero-order chi connectivity index (χ0) is 15.7. The number of rotatable bonds is 9. The van der Waals surface area contributed by atoms with Gasteiger partial charge in [-0.25, -0.2) is 4.39 Å². The molecule has 0 fully saturated rings. The van der Waals surface area contributed by atoms with E-state index < -0.39 is 0 Å². The van der Waals surface area contributed by atoms with Crippen molar-refractivity contribution in [2.45, 2.75) is 33.7 Å². The fourth-order valence-corrected chi connectivity index (χ4v) is 1.78. The van der Waals surface area contributed by atoms with Crippen LogP contribution in [0.3, 0.4) is 0 Å². The van der Waals surface area contributed by atoms with Gasteiger partial charge in [-0.2, -0.15) is 0 Å². The molecule has 2 N–H and O–H groups in total. The van der Waals surface area contributed by atoms with Crippen LogP contribution in [0.4, 0.5) is 4.39 Å². The van der Waals surface area contributed by atoms with Crippen LogP contribution in [0.5, 0.6) is 5.75 Å². The van der Waals surface area contributed by atoms with E-state index in [9.17, 15) is 9.18 Å². The minimum absolute atomic E-state index is 0.0527. The van der Waals surface area contributed by atoms with Crippen LogP contribution in [-0.2, 0) is 11.3 Å². The first-order valence-electron chi connectivity index (χ1n) is 7.41. The Balaban J connectivity index is 2.48. The van der Waals surface area contributed by atoms with E-state index in [4.69, 9.17) is 4.74 Å². The smallest absolute Gasteiger partial charge is 0.257 e. The van der Waals surface area contributed by atoms with Crippen LogP contribution in [0.15, 0.2) is 18.2 Å². The summed E-state index contributed by atoms with van der Waals surface area (Å²) in [7, 11) is 0. The largest absolute Gasteiger partial charge is 0.483 e. The van der Waals surface area contributed by atoms with Crippen molar-refractivity contribution in [3.05, 3.63) is 29.6 Å². The van der Waals surface area contributed by atoms with Gasteiger partial charge in [0, 0.05) is 18.7 Å². The molecule has 118 valence electrons. The summed E-state index contributed by atoms with van der Waals surface area (Å²) in [4.78, 5) is 11.7. The number of ether oxygens (including phenoxy) is 1. The molecule has 0 saturated carbocycles. The molecule has 0 spiro atoms. The van der Waals surface area contributed by atoms with Crippen LogP contribution in [0, 0.1) is 11.7 Å². The van der Waals surface area contributed by atoms with Crippen molar-refractivity contribution < 1.29 is 13.9 Å². The number of hydrogen-bond donors (Lipinski definition) is 2. The first kappa shape index (κ1) is 17.4. The summed E-state index contributed by atoms with van der Waals surface area (Å²) in [5, 5.41) is 5.92. The normalized spacial score (nSPS) is 10.7. The SMILES string of the molecule is CCNCc1cc(F)ccc1OCC(=O)NCCC(C)C. The predicted octanol–water partition coefficient (Wildman–Crippen LogP) is 2.48. The topological polar surface area (TPSA) is 50.4 Å². The average Bonchev–Trinajstić information content (AvgIpc) is 2.43. The third kappa shape index (κ3) is 7.09. The monoisotopic (exact) mass is 296 g/mol. The Bertz CT molecular complexity index is 450. The standard InChI is InChI=1S/C16H25FN2O2/c1-4-18-10-13-9-14(17)5-6-15(13)21-11-16(20)19-8-7-12(2)3/h5-6,9,12,18H,4,7-8,10-11H2,1-3H3,(H,19,20). The average molecular weight is 296 g/mol. The van der Waals surface area contributed by atoms with Crippen LogP contribution in [0.2, 0.25) is 0 Å². The van der Waals surface area contributed by atoms with E-state index in [-0.39, 0.29) is 18.3 Å². The molecule has 0 aliphatic carbocycles. The maximum Gasteiger partial charge on any atom is 0.257 e. The Morgan fingerprint density at radius 3 is 2.81 bits per heavy atom. The molecule has 1 amide bonds. The first-order valence-corrected chi connectivity index (χ1v) is 7.41. The van der Waals surface area contributed by atoms with Gasteiger partial charge in [0.2, 0.25) is 0 Å². The summed E-state index contributed by atoms with van der Waals surface area (Å²) in [5.41, 5.74) is 0.715. The highest BCUT2D eigenvalue weighted by Gasteiger charge is 2.08. The Kier molecular flexibility index (Phi) is 7.75. The van der Waals surface area contributed by atoms with Crippen LogP contribution in [0.1, 0.15) is 32.8 Å². The number of halogens is 1. The maximum absolute atomic E-state index is 13.3. The zero-order valence-electron chi connectivity index (χ0n) is 13.0. The Morgan fingerprint density at radius 1 is 1.38 bits per heavy atom. The molecule has 21 heavy (non-hydrogen) atoms. The first-order chi connectivity index (χ1) is 10.0. The van der Waals surface area contributed by atoms with Gasteiger partial charge in [-0.3, -0.25) is 4.79 Å². The van der Waals surface area contributed by atoms with Crippen molar-refractivity contribution in [1.82, 2.24) is 10.6 Å². The number of benzene rings is 1. The summed E-state index contributed by atoms with van der Waals surface area (Å²) in [5.74, 6) is 0.623. The summed E-state index contributed by atoms with van der Waals surface area (Å²) >= 11 is 0. The number of carbonyl (C=O) groups is 1. The van der Waals surface area contributed by atoms with E-state index in [1.165, 1.54) is 12.1 Å². The molecular weight excluding hydrogens is 271 g/mol. The van der Waals surface area contributed by atoms with Crippen LogP contribution >= 0.6 is 0 Å². The van der Waals surface area contributed by atoms with Gasteiger partial charge in [-0.1, -0.05) is 20.8 Å². The lowest BCUT2D eigenvalue weighted by atomic mass is 10.1. The lowest BCUT2D eigenvalue weighted by Crippen LogP contribution is -2.30. The molecule has 0 unspecified atom stereocenters. The number of hydrogen-bond acceptors (Lipinski definition) is 3. The minimum atomic E-state index is -0.309. The molecule has 4 nitrogen and oxygen atoms in total. The van der Waals surface area contributed by atoms with Gasteiger partial charge in [-0.05, 0) is 37.1 Å². The zero-order valence-corrected chi connectivity index (χ0v) is 13.0. The molecule has 0 heterocycles. The van der Waals surface area contributed by atoms with Crippen LogP contribution in [0.25, 0.3) is 0 Å². The van der Waals surface area contributed by atoms with E-state index in [1.807, 2.05) is 6.92 Å². The quantitative estimate of drug-likeness (QED) is 0.736.